The second-order valence-corrected chi connectivity index (χ2v) is 3.75. The van der Waals surface area contributed by atoms with E-state index in [4.69, 9.17) is 12.2 Å². The molecule has 0 aromatic heterocycles. The van der Waals surface area contributed by atoms with Crippen molar-refractivity contribution in [3.63, 3.8) is 0 Å². The Morgan fingerprint density at radius 3 is 2.58 bits per heavy atom. The van der Waals surface area contributed by atoms with Crippen LogP contribution in [-0.4, -0.2) is 17.7 Å². The molecule has 0 aromatic carbocycles. The van der Waals surface area contributed by atoms with Crippen molar-refractivity contribution in [2.45, 2.75) is 45.1 Å². The van der Waals surface area contributed by atoms with Crippen molar-refractivity contribution in [3.05, 3.63) is 0 Å². The van der Waals surface area contributed by atoms with Crippen molar-refractivity contribution >= 4 is 17.3 Å². The van der Waals surface area contributed by atoms with Crippen LogP contribution in [0.1, 0.15) is 39.0 Å². The second kappa shape index (κ2) is 5.36. The van der Waals surface area contributed by atoms with Crippen LogP contribution in [0, 0.1) is 0 Å². The first-order valence-electron chi connectivity index (χ1n) is 4.87. The van der Waals surface area contributed by atoms with Crippen molar-refractivity contribution < 1.29 is 0 Å². The Bertz CT molecular complexity index is 141. The molecule has 0 spiro atoms. The minimum Gasteiger partial charge on any atom is -0.363 e. The molecule has 1 rings (SSSR count). The Morgan fingerprint density at radius 1 is 1.33 bits per heavy atom. The highest BCUT2D eigenvalue weighted by molar-refractivity contribution is 7.80. The van der Waals surface area contributed by atoms with Gasteiger partial charge in [-0.3, -0.25) is 0 Å². The summed E-state index contributed by atoms with van der Waals surface area (Å²) in [6, 6.07) is 0.630. The molecule has 0 heterocycles. The number of hydrogen-bond acceptors (Lipinski definition) is 1. The summed E-state index contributed by atoms with van der Waals surface area (Å²) in [6.07, 6.45) is 6.67. The maximum absolute atomic E-state index is 5.11. The zero-order chi connectivity index (χ0) is 8.81. The monoisotopic (exact) mass is 186 g/mol. The van der Waals surface area contributed by atoms with Gasteiger partial charge in [-0.2, -0.15) is 0 Å². The third-order valence-corrected chi connectivity index (χ3v) is 2.54. The SMILES string of the molecule is CCNC(=S)NC1CCCCC1. The van der Waals surface area contributed by atoms with E-state index in [0.29, 0.717) is 6.04 Å². The summed E-state index contributed by atoms with van der Waals surface area (Å²) >= 11 is 5.11. The van der Waals surface area contributed by atoms with E-state index in [1.54, 1.807) is 0 Å². The molecule has 2 N–H and O–H groups in total. The first-order valence-corrected chi connectivity index (χ1v) is 5.28. The maximum atomic E-state index is 5.11. The fourth-order valence-electron chi connectivity index (χ4n) is 1.64. The van der Waals surface area contributed by atoms with Gasteiger partial charge in [0.15, 0.2) is 5.11 Å². The lowest BCUT2D eigenvalue weighted by atomic mass is 9.96. The van der Waals surface area contributed by atoms with Crippen LogP contribution in [-0.2, 0) is 0 Å². The number of thiocarbonyl (C=S) groups is 1. The van der Waals surface area contributed by atoms with Crippen LogP contribution in [0.3, 0.4) is 0 Å². The van der Waals surface area contributed by atoms with Crippen LogP contribution in [0.4, 0.5) is 0 Å². The predicted octanol–water partition coefficient (Wildman–Crippen LogP) is 1.80. The molecule has 1 saturated carbocycles. The molecule has 1 fully saturated rings. The standard InChI is InChI=1S/C9H18N2S/c1-2-10-9(12)11-8-6-4-3-5-7-8/h8H,2-7H2,1H3,(H2,10,11,12). The highest BCUT2D eigenvalue weighted by Gasteiger charge is 2.13. The second-order valence-electron chi connectivity index (χ2n) is 3.34. The topological polar surface area (TPSA) is 24.1 Å². The summed E-state index contributed by atoms with van der Waals surface area (Å²) in [5, 5.41) is 7.28. The molecule has 3 heteroatoms. The zero-order valence-electron chi connectivity index (χ0n) is 7.73. The lowest BCUT2D eigenvalue weighted by Gasteiger charge is -2.24. The quantitative estimate of drug-likeness (QED) is 0.643. The summed E-state index contributed by atoms with van der Waals surface area (Å²) in [7, 11) is 0. The average molecular weight is 186 g/mol. The Balaban J connectivity index is 2.15. The number of rotatable bonds is 2. The molecule has 0 unspecified atom stereocenters. The van der Waals surface area contributed by atoms with Crippen LogP contribution in [0.5, 0.6) is 0 Å². The van der Waals surface area contributed by atoms with Gasteiger partial charge in [0.25, 0.3) is 0 Å². The molecule has 0 radical (unpaired) electrons. The molecule has 0 atom stereocenters. The lowest BCUT2D eigenvalue weighted by Crippen LogP contribution is -2.42. The first kappa shape index (κ1) is 9.78. The number of hydrogen-bond donors (Lipinski definition) is 2. The minimum atomic E-state index is 0.630. The van der Waals surface area contributed by atoms with Crippen molar-refractivity contribution in [1.82, 2.24) is 10.6 Å². The summed E-state index contributed by atoms with van der Waals surface area (Å²) in [5.41, 5.74) is 0. The van der Waals surface area contributed by atoms with Crippen LogP contribution < -0.4 is 10.6 Å². The molecule has 1 aliphatic carbocycles. The average Bonchev–Trinajstić information content (AvgIpc) is 2.06. The van der Waals surface area contributed by atoms with Gasteiger partial charge in [0.1, 0.15) is 0 Å². The zero-order valence-corrected chi connectivity index (χ0v) is 8.54. The van der Waals surface area contributed by atoms with E-state index >= 15 is 0 Å². The third-order valence-electron chi connectivity index (χ3n) is 2.28. The Morgan fingerprint density at radius 2 is 2.00 bits per heavy atom. The van der Waals surface area contributed by atoms with E-state index < -0.39 is 0 Å². The third kappa shape index (κ3) is 3.39. The predicted molar refractivity (Wildman–Crippen MR) is 56.3 cm³/mol. The van der Waals surface area contributed by atoms with Gasteiger partial charge in [-0.25, -0.2) is 0 Å². The molecule has 1 aliphatic rings. The number of nitrogens with one attached hydrogen (secondary N) is 2. The molecule has 2 nitrogen and oxygen atoms in total. The Labute approximate surface area is 80.1 Å². The normalized spacial score (nSPS) is 18.8. The van der Waals surface area contributed by atoms with Gasteiger partial charge in [-0.15, -0.1) is 0 Å². The van der Waals surface area contributed by atoms with E-state index in [1.165, 1.54) is 32.1 Å². The van der Waals surface area contributed by atoms with Gasteiger partial charge in [-0.05, 0) is 32.0 Å². The van der Waals surface area contributed by atoms with Crippen LogP contribution in [0.25, 0.3) is 0 Å². The first-order chi connectivity index (χ1) is 5.83. The van der Waals surface area contributed by atoms with E-state index in [-0.39, 0.29) is 0 Å². The van der Waals surface area contributed by atoms with E-state index in [9.17, 15) is 0 Å². The van der Waals surface area contributed by atoms with Gasteiger partial charge in [0.2, 0.25) is 0 Å². The Hall–Kier alpha value is -0.310. The van der Waals surface area contributed by atoms with E-state index in [2.05, 4.69) is 17.6 Å². The van der Waals surface area contributed by atoms with Crippen molar-refractivity contribution in [1.29, 1.82) is 0 Å². The minimum absolute atomic E-state index is 0.630. The van der Waals surface area contributed by atoms with Crippen LogP contribution in [0.15, 0.2) is 0 Å². The smallest absolute Gasteiger partial charge is 0.166 e. The molecule has 0 saturated heterocycles. The van der Waals surface area contributed by atoms with Crippen molar-refractivity contribution in [2.24, 2.45) is 0 Å². The van der Waals surface area contributed by atoms with Crippen LogP contribution >= 0.6 is 12.2 Å². The molecular weight excluding hydrogens is 168 g/mol. The van der Waals surface area contributed by atoms with E-state index in [1.807, 2.05) is 0 Å². The summed E-state index contributed by atoms with van der Waals surface area (Å²) in [4.78, 5) is 0. The Kier molecular flexibility index (Phi) is 4.36. The molecular formula is C9H18N2S. The summed E-state index contributed by atoms with van der Waals surface area (Å²) < 4.78 is 0. The van der Waals surface area contributed by atoms with Gasteiger partial charge in [0.05, 0.1) is 0 Å². The highest BCUT2D eigenvalue weighted by Crippen LogP contribution is 2.16. The van der Waals surface area contributed by atoms with Gasteiger partial charge in [-0.1, -0.05) is 19.3 Å². The van der Waals surface area contributed by atoms with E-state index in [0.717, 1.165) is 11.7 Å². The molecule has 0 bridgehead atoms. The molecule has 0 aromatic rings. The largest absolute Gasteiger partial charge is 0.363 e. The fourth-order valence-corrected chi connectivity index (χ4v) is 1.95. The fraction of sp³-hybridized carbons (Fsp3) is 0.889. The van der Waals surface area contributed by atoms with Crippen LogP contribution in [0.2, 0.25) is 0 Å². The highest BCUT2D eigenvalue weighted by atomic mass is 32.1. The molecule has 0 amide bonds. The van der Waals surface area contributed by atoms with Crippen molar-refractivity contribution in [3.8, 4) is 0 Å². The van der Waals surface area contributed by atoms with Gasteiger partial charge >= 0.3 is 0 Å². The lowest BCUT2D eigenvalue weighted by molar-refractivity contribution is 0.412. The maximum Gasteiger partial charge on any atom is 0.166 e. The van der Waals surface area contributed by atoms with Gasteiger partial charge in [0, 0.05) is 12.6 Å². The molecule has 12 heavy (non-hydrogen) atoms. The summed E-state index contributed by atoms with van der Waals surface area (Å²) in [5.74, 6) is 0. The molecule has 70 valence electrons. The summed E-state index contributed by atoms with van der Waals surface area (Å²) in [6.45, 7) is 2.98. The molecule has 0 aliphatic heterocycles. The van der Waals surface area contributed by atoms with Gasteiger partial charge < -0.3 is 10.6 Å². The van der Waals surface area contributed by atoms with Crippen molar-refractivity contribution in [2.75, 3.05) is 6.54 Å².